The summed E-state index contributed by atoms with van der Waals surface area (Å²) in [5, 5.41) is 4.97. The SMILES string of the molecule is c1ccc(-c2nc(-c3ccccc3)nc(-c3cc(-c4ccccc4-c4ccccc4)ccc3-c3cccc4c3sc3c4ccc4c5ccccc5n(-c5ccccc5)c43)n2)cc1. The lowest BCUT2D eigenvalue weighted by Gasteiger charge is -2.16. The van der Waals surface area contributed by atoms with E-state index in [9.17, 15) is 0 Å². The number of hydrogen-bond acceptors (Lipinski definition) is 4. The molecule has 0 radical (unpaired) electrons. The average molecular weight is 809 g/mol. The van der Waals surface area contributed by atoms with Crippen LogP contribution in [0.5, 0.6) is 0 Å². The van der Waals surface area contributed by atoms with Gasteiger partial charge in [0.2, 0.25) is 0 Å². The Morgan fingerprint density at radius 3 is 1.52 bits per heavy atom. The molecular weight excluding hydrogens is 773 g/mol. The highest BCUT2D eigenvalue weighted by Crippen LogP contribution is 2.48. The second-order valence-electron chi connectivity index (χ2n) is 15.5. The third kappa shape index (κ3) is 6.01. The monoisotopic (exact) mass is 808 g/mol. The summed E-state index contributed by atoms with van der Waals surface area (Å²) in [6.07, 6.45) is 0. The first-order valence-electron chi connectivity index (χ1n) is 20.9. The summed E-state index contributed by atoms with van der Waals surface area (Å²) in [4.78, 5) is 15.7. The van der Waals surface area contributed by atoms with Crippen molar-refractivity contribution in [3.63, 3.8) is 0 Å². The number of para-hydroxylation sites is 2. The van der Waals surface area contributed by atoms with Crippen LogP contribution in [0.4, 0.5) is 0 Å². The Morgan fingerprint density at radius 2 is 0.823 bits per heavy atom. The minimum absolute atomic E-state index is 0.622. The molecule has 3 heterocycles. The normalized spacial score (nSPS) is 11.5. The Bertz CT molecular complexity index is 3560. The molecular formula is C57H36N4S. The standard InChI is InChI=1S/C57H36N4S/c1-5-18-37(19-6-1)42-26-13-14-27-43(42)40-32-33-44(50(36-40)57-59-55(38-20-7-2-8-21-38)58-56(60-57)39-22-9-3-10-23-39)47-29-17-30-48-49-35-34-46-45-28-15-16-31-51(45)61(41-24-11-4-12-25-41)52(46)54(49)62-53(47)48/h1-36H. The predicted molar refractivity (Wildman–Crippen MR) is 260 cm³/mol. The van der Waals surface area contributed by atoms with E-state index in [1.165, 1.54) is 53.1 Å². The fourth-order valence-electron chi connectivity index (χ4n) is 9.03. The fourth-order valence-corrected chi connectivity index (χ4v) is 10.4. The molecule has 9 aromatic carbocycles. The van der Waals surface area contributed by atoms with Crippen molar-refractivity contribution in [2.75, 3.05) is 0 Å². The number of nitrogens with zero attached hydrogens (tertiary/aromatic N) is 4. The Hall–Kier alpha value is -7.99. The summed E-state index contributed by atoms with van der Waals surface area (Å²) in [5.41, 5.74) is 13.2. The van der Waals surface area contributed by atoms with Crippen LogP contribution in [0.15, 0.2) is 218 Å². The number of fused-ring (bicyclic) bond motifs is 7. The molecule has 4 nitrogen and oxygen atoms in total. The second kappa shape index (κ2) is 14.9. The van der Waals surface area contributed by atoms with E-state index < -0.39 is 0 Å². The minimum Gasteiger partial charge on any atom is -0.308 e. The number of thiophene rings is 1. The van der Waals surface area contributed by atoms with Gasteiger partial charge in [-0.2, -0.15) is 0 Å². The lowest BCUT2D eigenvalue weighted by Crippen LogP contribution is -2.01. The lowest BCUT2D eigenvalue weighted by molar-refractivity contribution is 1.07. The molecule has 0 aliphatic heterocycles. The molecule has 0 saturated carbocycles. The highest BCUT2D eigenvalue weighted by Gasteiger charge is 2.22. The first kappa shape index (κ1) is 35.9. The van der Waals surface area contributed by atoms with E-state index in [0.717, 1.165) is 44.6 Å². The van der Waals surface area contributed by atoms with Crippen LogP contribution in [0.2, 0.25) is 0 Å². The lowest BCUT2D eigenvalue weighted by atomic mass is 9.90. The Balaban J connectivity index is 1.15. The number of hydrogen-bond donors (Lipinski definition) is 0. The van der Waals surface area contributed by atoms with Crippen molar-refractivity contribution < 1.29 is 0 Å². The summed E-state index contributed by atoms with van der Waals surface area (Å²) in [6.45, 7) is 0. The summed E-state index contributed by atoms with van der Waals surface area (Å²) in [7, 11) is 0. The summed E-state index contributed by atoms with van der Waals surface area (Å²) < 4.78 is 4.92. The van der Waals surface area contributed by atoms with Gasteiger partial charge >= 0.3 is 0 Å². The molecule has 0 saturated heterocycles. The molecule has 0 unspecified atom stereocenters. The Morgan fingerprint density at radius 1 is 0.306 bits per heavy atom. The first-order valence-corrected chi connectivity index (χ1v) is 21.7. The van der Waals surface area contributed by atoms with E-state index in [4.69, 9.17) is 15.0 Å². The van der Waals surface area contributed by atoms with Crippen LogP contribution < -0.4 is 0 Å². The quantitative estimate of drug-likeness (QED) is 0.161. The Kier molecular flexibility index (Phi) is 8.65. The van der Waals surface area contributed by atoms with Crippen molar-refractivity contribution >= 4 is 53.3 Å². The van der Waals surface area contributed by atoms with E-state index in [1.807, 2.05) is 47.7 Å². The molecule has 0 atom stereocenters. The summed E-state index contributed by atoms with van der Waals surface area (Å²) >= 11 is 1.87. The van der Waals surface area contributed by atoms with E-state index in [1.54, 1.807) is 0 Å². The van der Waals surface area contributed by atoms with Gasteiger partial charge in [0, 0.05) is 54.2 Å². The molecule has 62 heavy (non-hydrogen) atoms. The van der Waals surface area contributed by atoms with Crippen molar-refractivity contribution in [1.82, 2.24) is 19.5 Å². The molecule has 12 rings (SSSR count). The van der Waals surface area contributed by atoms with Gasteiger partial charge in [0.05, 0.1) is 15.7 Å². The van der Waals surface area contributed by atoms with Crippen LogP contribution in [0.1, 0.15) is 0 Å². The van der Waals surface area contributed by atoms with Crippen LogP contribution >= 0.6 is 11.3 Å². The van der Waals surface area contributed by atoms with Crippen molar-refractivity contribution in [3.8, 4) is 73.2 Å². The minimum atomic E-state index is 0.622. The van der Waals surface area contributed by atoms with Crippen LogP contribution in [0.3, 0.4) is 0 Å². The van der Waals surface area contributed by atoms with Crippen molar-refractivity contribution in [3.05, 3.63) is 218 Å². The smallest absolute Gasteiger partial charge is 0.164 e. The van der Waals surface area contributed by atoms with Gasteiger partial charge in [-0.25, -0.2) is 15.0 Å². The molecule has 290 valence electrons. The van der Waals surface area contributed by atoms with E-state index in [0.29, 0.717) is 17.5 Å². The highest BCUT2D eigenvalue weighted by atomic mass is 32.1. The molecule has 0 spiro atoms. The molecule has 0 aliphatic rings. The van der Waals surface area contributed by atoms with Crippen molar-refractivity contribution in [2.45, 2.75) is 0 Å². The van der Waals surface area contributed by atoms with Crippen LogP contribution in [-0.4, -0.2) is 19.5 Å². The summed E-state index contributed by atoms with van der Waals surface area (Å²) in [6, 6.07) is 77.3. The highest BCUT2D eigenvalue weighted by molar-refractivity contribution is 7.27. The number of aromatic nitrogens is 4. The average Bonchev–Trinajstić information content (AvgIpc) is 3.91. The van der Waals surface area contributed by atoms with Crippen molar-refractivity contribution in [1.29, 1.82) is 0 Å². The third-order valence-electron chi connectivity index (χ3n) is 11.9. The molecule has 0 N–H and O–H groups in total. The first-order chi connectivity index (χ1) is 30.8. The number of benzene rings is 9. The summed E-state index contributed by atoms with van der Waals surface area (Å²) in [5.74, 6) is 1.88. The largest absolute Gasteiger partial charge is 0.308 e. The zero-order valence-corrected chi connectivity index (χ0v) is 34.3. The maximum atomic E-state index is 5.31. The zero-order valence-electron chi connectivity index (χ0n) is 33.5. The molecule has 5 heteroatoms. The number of rotatable bonds is 7. The van der Waals surface area contributed by atoms with Gasteiger partial charge in [-0.3, -0.25) is 0 Å². The molecule has 0 aliphatic carbocycles. The molecule has 0 amide bonds. The van der Waals surface area contributed by atoms with Crippen molar-refractivity contribution in [2.24, 2.45) is 0 Å². The predicted octanol–water partition coefficient (Wildman–Crippen LogP) is 15.3. The van der Waals surface area contributed by atoms with Gasteiger partial charge in [-0.05, 0) is 52.1 Å². The fraction of sp³-hybridized carbons (Fsp3) is 0. The van der Waals surface area contributed by atoms with E-state index in [2.05, 4.69) is 187 Å². The maximum Gasteiger partial charge on any atom is 0.164 e. The van der Waals surface area contributed by atoms with Gasteiger partial charge in [0.1, 0.15) is 0 Å². The van der Waals surface area contributed by atoms with Crippen LogP contribution in [0.25, 0.3) is 115 Å². The maximum absolute atomic E-state index is 5.31. The van der Waals surface area contributed by atoms with Gasteiger partial charge in [0.25, 0.3) is 0 Å². The van der Waals surface area contributed by atoms with Gasteiger partial charge in [0.15, 0.2) is 17.5 Å². The van der Waals surface area contributed by atoms with E-state index >= 15 is 0 Å². The molecule has 12 aromatic rings. The van der Waals surface area contributed by atoms with Gasteiger partial charge in [-0.15, -0.1) is 11.3 Å². The van der Waals surface area contributed by atoms with Crippen LogP contribution in [-0.2, 0) is 0 Å². The van der Waals surface area contributed by atoms with Gasteiger partial charge < -0.3 is 4.57 Å². The topological polar surface area (TPSA) is 43.6 Å². The zero-order chi connectivity index (χ0) is 41.0. The van der Waals surface area contributed by atoms with E-state index in [-0.39, 0.29) is 0 Å². The Labute approximate surface area is 362 Å². The molecule has 0 bridgehead atoms. The molecule has 0 fully saturated rings. The third-order valence-corrected chi connectivity index (χ3v) is 13.1. The van der Waals surface area contributed by atoms with Crippen LogP contribution in [0, 0.1) is 0 Å². The van der Waals surface area contributed by atoms with Gasteiger partial charge in [-0.1, -0.05) is 194 Å². The molecule has 3 aromatic heterocycles. The second-order valence-corrected chi connectivity index (χ2v) is 16.5.